The largest absolute Gasteiger partial charge is 0.458 e. The lowest BCUT2D eigenvalue weighted by Crippen LogP contribution is -2.37. The van der Waals surface area contributed by atoms with Gasteiger partial charge in [-0.15, -0.1) is 0 Å². The summed E-state index contributed by atoms with van der Waals surface area (Å²) >= 11 is 0. The summed E-state index contributed by atoms with van der Waals surface area (Å²) in [5, 5.41) is 11.4. The number of aliphatic hydroxyl groups is 1. The topological polar surface area (TPSA) is 93.5 Å². The van der Waals surface area contributed by atoms with E-state index in [-0.39, 0.29) is 18.1 Å². The predicted molar refractivity (Wildman–Crippen MR) is 75.9 cm³/mol. The van der Waals surface area contributed by atoms with E-state index in [2.05, 4.69) is 0 Å². The van der Waals surface area contributed by atoms with Crippen LogP contribution in [0.2, 0.25) is 0 Å². The summed E-state index contributed by atoms with van der Waals surface area (Å²) in [6.07, 6.45) is -0.637. The number of sulfone groups is 1. The number of furan rings is 1. The molecule has 2 unspecified atom stereocenters. The number of benzene rings is 1. The smallest absolute Gasteiger partial charge is 0.151 e. The molecule has 1 aliphatic heterocycles. The predicted octanol–water partition coefficient (Wildman–Crippen LogP) is 1.23. The molecule has 20 heavy (non-hydrogen) atoms. The number of aliphatic hydroxyl groups excluding tert-OH is 1. The van der Waals surface area contributed by atoms with Crippen LogP contribution in [0.5, 0.6) is 0 Å². The number of nitrogens with two attached hydrogens (primary N) is 1. The van der Waals surface area contributed by atoms with Crippen molar-refractivity contribution in [1.82, 2.24) is 0 Å². The van der Waals surface area contributed by atoms with Crippen LogP contribution in [-0.2, 0) is 9.84 Å². The van der Waals surface area contributed by atoms with Crippen LogP contribution in [0.15, 0.2) is 34.7 Å². The van der Waals surface area contributed by atoms with Crippen molar-refractivity contribution in [1.29, 1.82) is 0 Å². The monoisotopic (exact) mass is 295 g/mol. The Bertz CT molecular complexity index is 703. The van der Waals surface area contributed by atoms with E-state index in [4.69, 9.17) is 10.2 Å². The Balaban J connectivity index is 2.00. The molecular weight excluding hydrogens is 278 g/mol. The van der Waals surface area contributed by atoms with Gasteiger partial charge in [-0.2, -0.15) is 0 Å². The highest BCUT2D eigenvalue weighted by Gasteiger charge is 2.48. The number of fused-ring (bicyclic) bond motifs is 1. The second-order valence-electron chi connectivity index (χ2n) is 5.50. The molecule has 0 aliphatic carbocycles. The van der Waals surface area contributed by atoms with Gasteiger partial charge in [-0.1, -0.05) is 18.2 Å². The van der Waals surface area contributed by atoms with Crippen molar-refractivity contribution in [3.8, 4) is 0 Å². The van der Waals surface area contributed by atoms with Gasteiger partial charge < -0.3 is 15.3 Å². The molecular formula is C14H17NO4S. The van der Waals surface area contributed by atoms with Gasteiger partial charge >= 0.3 is 0 Å². The van der Waals surface area contributed by atoms with E-state index < -0.39 is 21.4 Å². The van der Waals surface area contributed by atoms with Gasteiger partial charge in [-0.25, -0.2) is 8.42 Å². The number of rotatable bonds is 3. The average molecular weight is 295 g/mol. The molecule has 1 saturated heterocycles. The SMILES string of the molecule is NCC1(C(O)c2cc3ccccc3o2)CCS(=O)(=O)C1. The third kappa shape index (κ3) is 2.13. The van der Waals surface area contributed by atoms with Gasteiger partial charge in [-0.05, 0) is 18.6 Å². The molecule has 2 heterocycles. The van der Waals surface area contributed by atoms with E-state index in [0.717, 1.165) is 5.39 Å². The van der Waals surface area contributed by atoms with Crippen LogP contribution < -0.4 is 5.73 Å². The van der Waals surface area contributed by atoms with Crippen LogP contribution in [0.1, 0.15) is 18.3 Å². The van der Waals surface area contributed by atoms with E-state index in [1.54, 1.807) is 6.07 Å². The zero-order chi connectivity index (χ0) is 14.4. The Kier molecular flexibility index (Phi) is 3.12. The molecule has 0 bridgehead atoms. The first-order chi connectivity index (χ1) is 9.46. The fraction of sp³-hybridized carbons (Fsp3) is 0.429. The van der Waals surface area contributed by atoms with Gasteiger partial charge in [0.2, 0.25) is 0 Å². The molecule has 0 radical (unpaired) electrons. The van der Waals surface area contributed by atoms with Gasteiger partial charge in [0.05, 0.1) is 11.5 Å². The normalized spacial score (nSPS) is 26.9. The lowest BCUT2D eigenvalue weighted by molar-refractivity contribution is 0.0306. The second kappa shape index (κ2) is 4.58. The fourth-order valence-corrected chi connectivity index (χ4v) is 5.03. The van der Waals surface area contributed by atoms with Crippen molar-refractivity contribution in [2.24, 2.45) is 11.1 Å². The first kappa shape index (κ1) is 13.6. The second-order valence-corrected chi connectivity index (χ2v) is 7.68. The van der Waals surface area contributed by atoms with E-state index in [0.29, 0.717) is 17.8 Å². The zero-order valence-corrected chi connectivity index (χ0v) is 11.8. The molecule has 108 valence electrons. The minimum absolute atomic E-state index is 0.0709. The molecule has 0 amide bonds. The molecule has 2 aromatic rings. The molecule has 1 aliphatic rings. The summed E-state index contributed by atoms with van der Waals surface area (Å²) in [4.78, 5) is 0. The van der Waals surface area contributed by atoms with Crippen molar-refractivity contribution in [3.05, 3.63) is 36.1 Å². The molecule has 6 heteroatoms. The Morgan fingerprint density at radius 2 is 2.15 bits per heavy atom. The van der Waals surface area contributed by atoms with Gasteiger partial charge in [0.25, 0.3) is 0 Å². The Hall–Kier alpha value is -1.37. The lowest BCUT2D eigenvalue weighted by Gasteiger charge is -2.30. The van der Waals surface area contributed by atoms with E-state index in [1.165, 1.54) is 0 Å². The van der Waals surface area contributed by atoms with Crippen LogP contribution in [0, 0.1) is 5.41 Å². The fourth-order valence-electron chi connectivity index (χ4n) is 2.87. The van der Waals surface area contributed by atoms with E-state index >= 15 is 0 Å². The highest BCUT2D eigenvalue weighted by Crippen LogP contribution is 2.43. The van der Waals surface area contributed by atoms with Crippen LogP contribution in [0.4, 0.5) is 0 Å². The molecule has 1 aromatic heterocycles. The van der Waals surface area contributed by atoms with Crippen molar-refractivity contribution in [2.45, 2.75) is 12.5 Å². The third-order valence-corrected chi connectivity index (χ3v) is 5.96. The van der Waals surface area contributed by atoms with Crippen molar-refractivity contribution < 1.29 is 17.9 Å². The summed E-state index contributed by atoms with van der Waals surface area (Å²) < 4.78 is 29.1. The van der Waals surface area contributed by atoms with E-state index in [9.17, 15) is 13.5 Å². The highest BCUT2D eigenvalue weighted by atomic mass is 32.2. The summed E-state index contributed by atoms with van der Waals surface area (Å²) in [5.41, 5.74) is 5.59. The first-order valence-corrected chi connectivity index (χ1v) is 8.35. The number of hydrogen-bond acceptors (Lipinski definition) is 5. The molecule has 3 N–H and O–H groups in total. The minimum atomic E-state index is -3.13. The molecule has 1 aromatic carbocycles. The van der Waals surface area contributed by atoms with Crippen molar-refractivity contribution in [2.75, 3.05) is 18.1 Å². The third-order valence-electron chi connectivity index (χ3n) is 4.12. The molecule has 1 fully saturated rings. The maximum Gasteiger partial charge on any atom is 0.151 e. The summed E-state index contributed by atoms with van der Waals surface area (Å²) in [7, 11) is -3.13. The Morgan fingerprint density at radius 3 is 2.75 bits per heavy atom. The van der Waals surface area contributed by atoms with Gasteiger partial charge in [0, 0.05) is 17.3 Å². The highest BCUT2D eigenvalue weighted by molar-refractivity contribution is 7.91. The summed E-state index contributed by atoms with van der Waals surface area (Å²) in [6, 6.07) is 9.18. The van der Waals surface area contributed by atoms with Crippen LogP contribution in [-0.4, -0.2) is 31.6 Å². The maximum atomic E-state index is 11.7. The number of hydrogen-bond donors (Lipinski definition) is 2. The van der Waals surface area contributed by atoms with Crippen LogP contribution in [0.3, 0.4) is 0 Å². The van der Waals surface area contributed by atoms with Crippen LogP contribution >= 0.6 is 0 Å². The van der Waals surface area contributed by atoms with Crippen LogP contribution in [0.25, 0.3) is 11.0 Å². The zero-order valence-electron chi connectivity index (χ0n) is 11.0. The van der Waals surface area contributed by atoms with Crippen molar-refractivity contribution in [3.63, 3.8) is 0 Å². The van der Waals surface area contributed by atoms with Gasteiger partial charge in [-0.3, -0.25) is 0 Å². The quantitative estimate of drug-likeness (QED) is 0.888. The van der Waals surface area contributed by atoms with Gasteiger partial charge in [0.1, 0.15) is 17.4 Å². The maximum absolute atomic E-state index is 11.7. The van der Waals surface area contributed by atoms with E-state index in [1.807, 2.05) is 24.3 Å². The summed E-state index contributed by atoms with van der Waals surface area (Å²) in [6.45, 7) is 0.116. The van der Waals surface area contributed by atoms with Crippen molar-refractivity contribution >= 4 is 20.8 Å². The Labute approximate surface area is 117 Å². The Morgan fingerprint density at radius 1 is 1.40 bits per heavy atom. The molecule has 3 rings (SSSR count). The lowest BCUT2D eigenvalue weighted by atomic mass is 9.80. The average Bonchev–Trinajstić information content (AvgIpc) is 2.99. The summed E-state index contributed by atoms with van der Waals surface area (Å²) in [5.74, 6) is 0.365. The molecule has 0 spiro atoms. The molecule has 5 nitrogen and oxygen atoms in total. The minimum Gasteiger partial charge on any atom is -0.458 e. The molecule has 2 atom stereocenters. The first-order valence-electron chi connectivity index (χ1n) is 6.53. The molecule has 0 saturated carbocycles. The standard InChI is InChI=1S/C14H17NO4S/c15-8-14(5-6-20(17,18)9-14)13(16)12-7-10-3-1-2-4-11(10)19-12/h1-4,7,13,16H,5-6,8-9,15H2. The number of para-hydroxylation sites is 1. The van der Waals surface area contributed by atoms with Gasteiger partial charge in [0.15, 0.2) is 9.84 Å².